The third-order valence-electron chi connectivity index (χ3n) is 4.67. The van der Waals surface area contributed by atoms with Crippen molar-refractivity contribution in [2.75, 3.05) is 6.61 Å². The largest absolute Gasteiger partial charge is 0.462 e. The van der Waals surface area contributed by atoms with Gasteiger partial charge in [-0.15, -0.1) is 0 Å². The zero-order valence-corrected chi connectivity index (χ0v) is 13.1. The highest BCUT2D eigenvalue weighted by molar-refractivity contribution is 5.89. The fraction of sp³-hybridized carbons (Fsp3) is 0.368. The van der Waals surface area contributed by atoms with E-state index in [1.165, 1.54) is 0 Å². The summed E-state index contributed by atoms with van der Waals surface area (Å²) in [5.74, 6) is 0.391. The van der Waals surface area contributed by atoms with Crippen LogP contribution in [0, 0.1) is 17.8 Å². The van der Waals surface area contributed by atoms with Gasteiger partial charge in [-0.05, 0) is 24.6 Å². The van der Waals surface area contributed by atoms with Crippen molar-refractivity contribution in [2.45, 2.75) is 19.1 Å². The average Bonchev–Trinajstić information content (AvgIpc) is 2.95. The van der Waals surface area contributed by atoms with Crippen molar-refractivity contribution in [1.29, 1.82) is 0 Å². The van der Waals surface area contributed by atoms with Crippen molar-refractivity contribution in [3.8, 4) is 0 Å². The van der Waals surface area contributed by atoms with Crippen LogP contribution in [0.25, 0.3) is 0 Å². The van der Waals surface area contributed by atoms with E-state index in [0.717, 1.165) is 5.76 Å². The third kappa shape index (κ3) is 2.70. The van der Waals surface area contributed by atoms with Crippen LogP contribution < -0.4 is 0 Å². The monoisotopic (exact) mass is 326 g/mol. The summed E-state index contributed by atoms with van der Waals surface area (Å²) in [6.07, 6.45) is 6.78. The van der Waals surface area contributed by atoms with Gasteiger partial charge in [0.05, 0.1) is 29.8 Å². The lowest BCUT2D eigenvalue weighted by molar-refractivity contribution is -0.203. The zero-order valence-electron chi connectivity index (χ0n) is 13.1. The Bertz CT molecular complexity index is 706. The van der Waals surface area contributed by atoms with Crippen molar-refractivity contribution in [3.63, 3.8) is 0 Å². The molecule has 1 aromatic rings. The second-order valence-electron chi connectivity index (χ2n) is 6.23. The van der Waals surface area contributed by atoms with Gasteiger partial charge >= 0.3 is 11.9 Å². The van der Waals surface area contributed by atoms with E-state index in [1.54, 1.807) is 24.3 Å². The number of ether oxygens (including phenoxy) is 3. The molecule has 4 atom stereocenters. The Balaban J connectivity index is 1.29. The molecule has 1 saturated heterocycles. The van der Waals surface area contributed by atoms with E-state index in [9.17, 15) is 9.59 Å². The molecule has 0 radical (unpaired) electrons. The molecule has 0 amide bonds. The van der Waals surface area contributed by atoms with E-state index in [-0.39, 0.29) is 29.7 Å². The van der Waals surface area contributed by atoms with Crippen LogP contribution in [-0.4, -0.2) is 24.8 Å². The second kappa shape index (κ2) is 6.15. The van der Waals surface area contributed by atoms with Crippen molar-refractivity contribution < 1.29 is 23.8 Å². The molecule has 2 aliphatic heterocycles. The fourth-order valence-electron chi connectivity index (χ4n) is 3.46. The Hall–Kier alpha value is -2.56. The molecule has 3 aliphatic rings. The van der Waals surface area contributed by atoms with E-state index in [0.29, 0.717) is 25.0 Å². The summed E-state index contributed by atoms with van der Waals surface area (Å²) in [6, 6.07) is 8.93. The maximum Gasteiger partial charge on any atom is 0.338 e. The minimum atomic E-state index is -0.510. The van der Waals surface area contributed by atoms with Crippen molar-refractivity contribution in [3.05, 3.63) is 59.9 Å². The number of rotatable bonds is 5. The van der Waals surface area contributed by atoms with Crippen LogP contribution in [0.4, 0.5) is 0 Å². The molecule has 2 heterocycles. The number of hydrogen-bond donors (Lipinski definition) is 0. The number of benzene rings is 1. The van der Waals surface area contributed by atoms with E-state index in [4.69, 9.17) is 14.2 Å². The van der Waals surface area contributed by atoms with Gasteiger partial charge in [0, 0.05) is 12.3 Å². The van der Waals surface area contributed by atoms with Crippen LogP contribution in [0.2, 0.25) is 0 Å². The smallest absolute Gasteiger partial charge is 0.338 e. The van der Waals surface area contributed by atoms with E-state index in [1.807, 2.05) is 24.3 Å². The molecule has 4 rings (SSSR count). The van der Waals surface area contributed by atoms with Gasteiger partial charge < -0.3 is 14.2 Å². The van der Waals surface area contributed by atoms with Gasteiger partial charge in [0.25, 0.3) is 6.29 Å². The van der Waals surface area contributed by atoms with Crippen LogP contribution in [0.1, 0.15) is 23.2 Å². The predicted molar refractivity (Wildman–Crippen MR) is 84.6 cm³/mol. The second-order valence-corrected chi connectivity index (χ2v) is 6.23. The minimum absolute atomic E-state index is 0.132. The summed E-state index contributed by atoms with van der Waals surface area (Å²) in [7, 11) is 0. The Labute approximate surface area is 139 Å². The quantitative estimate of drug-likeness (QED) is 0.473. The highest BCUT2D eigenvalue weighted by Gasteiger charge is 2.50. The first-order chi connectivity index (χ1) is 11.7. The SMILES string of the molecule is O=C(OCCCC1=C[C@H]2[C@@H]3C=C[C@H]2C(=O)O[C@@H]3O1)c1ccccc1. The number of hydrogen-bond acceptors (Lipinski definition) is 5. The molecular formula is C19H18O5. The number of carbonyl (C=O) groups excluding carboxylic acids is 2. The lowest BCUT2D eigenvalue weighted by Gasteiger charge is -2.38. The molecule has 1 fully saturated rings. The molecule has 0 spiro atoms. The molecule has 1 aromatic carbocycles. The summed E-state index contributed by atoms with van der Waals surface area (Å²) < 4.78 is 16.4. The van der Waals surface area contributed by atoms with Gasteiger partial charge in [0.2, 0.25) is 0 Å². The Morgan fingerprint density at radius 2 is 1.92 bits per heavy atom. The maximum absolute atomic E-state index is 11.9. The van der Waals surface area contributed by atoms with Crippen molar-refractivity contribution >= 4 is 11.9 Å². The molecule has 0 N–H and O–H groups in total. The van der Waals surface area contributed by atoms with Crippen LogP contribution in [0.5, 0.6) is 0 Å². The lowest BCUT2D eigenvalue weighted by atomic mass is 9.83. The van der Waals surface area contributed by atoms with Crippen LogP contribution >= 0.6 is 0 Å². The molecule has 124 valence electrons. The topological polar surface area (TPSA) is 61.8 Å². The number of carbonyl (C=O) groups is 2. The fourth-order valence-corrected chi connectivity index (χ4v) is 3.46. The normalized spacial score (nSPS) is 29.5. The van der Waals surface area contributed by atoms with Gasteiger partial charge in [-0.3, -0.25) is 4.79 Å². The molecule has 5 heteroatoms. The molecule has 4 bridgehead atoms. The zero-order chi connectivity index (χ0) is 16.5. The Morgan fingerprint density at radius 3 is 2.75 bits per heavy atom. The standard InChI is InChI=1S/C19H18O5/c20-17(12-5-2-1-3-6-12)22-10-4-7-13-11-16-14-8-9-15(16)19(23-13)24-18(14)21/h1-3,5-6,8-9,11,14-16,19H,4,7,10H2/t14-,15+,16-,19+/m1/s1. The first kappa shape index (κ1) is 15.0. The summed E-state index contributed by atoms with van der Waals surface area (Å²) in [6.45, 7) is 0.328. The Kier molecular flexibility index (Phi) is 3.84. The van der Waals surface area contributed by atoms with Gasteiger partial charge in [-0.25, -0.2) is 4.79 Å². The first-order valence-electron chi connectivity index (χ1n) is 8.21. The van der Waals surface area contributed by atoms with Gasteiger partial charge in [0.15, 0.2) is 0 Å². The predicted octanol–water partition coefficient (Wildman–Crippen LogP) is 2.84. The summed E-state index contributed by atoms with van der Waals surface area (Å²) in [4.78, 5) is 23.7. The number of esters is 2. The minimum Gasteiger partial charge on any atom is -0.462 e. The third-order valence-corrected chi connectivity index (χ3v) is 4.67. The maximum atomic E-state index is 11.9. The van der Waals surface area contributed by atoms with Crippen molar-refractivity contribution in [1.82, 2.24) is 0 Å². The van der Waals surface area contributed by atoms with Gasteiger partial charge in [0.1, 0.15) is 0 Å². The van der Waals surface area contributed by atoms with E-state index < -0.39 is 6.29 Å². The van der Waals surface area contributed by atoms with E-state index in [2.05, 4.69) is 0 Å². The van der Waals surface area contributed by atoms with Crippen LogP contribution in [0.15, 0.2) is 54.3 Å². The van der Waals surface area contributed by atoms with Gasteiger partial charge in [-0.2, -0.15) is 0 Å². The van der Waals surface area contributed by atoms with E-state index >= 15 is 0 Å². The Morgan fingerprint density at radius 1 is 1.08 bits per heavy atom. The molecular weight excluding hydrogens is 308 g/mol. The van der Waals surface area contributed by atoms with Crippen LogP contribution in [0.3, 0.4) is 0 Å². The highest BCUT2D eigenvalue weighted by atomic mass is 16.7. The molecule has 0 aromatic heterocycles. The average molecular weight is 326 g/mol. The first-order valence-corrected chi connectivity index (χ1v) is 8.21. The molecule has 0 saturated carbocycles. The highest BCUT2D eigenvalue weighted by Crippen LogP contribution is 2.45. The molecule has 1 aliphatic carbocycles. The van der Waals surface area contributed by atoms with Gasteiger partial charge in [-0.1, -0.05) is 30.4 Å². The summed E-state index contributed by atoms with van der Waals surface area (Å²) in [5, 5.41) is 0. The molecule has 24 heavy (non-hydrogen) atoms. The summed E-state index contributed by atoms with van der Waals surface area (Å²) in [5.41, 5.74) is 0.551. The molecule has 5 nitrogen and oxygen atoms in total. The summed E-state index contributed by atoms with van der Waals surface area (Å²) >= 11 is 0. The number of allylic oxidation sites excluding steroid dienone is 2. The van der Waals surface area contributed by atoms with Crippen LogP contribution in [-0.2, 0) is 19.0 Å². The lowest BCUT2D eigenvalue weighted by Crippen LogP contribution is -2.44. The molecule has 0 unspecified atom stereocenters. The van der Waals surface area contributed by atoms with Crippen molar-refractivity contribution in [2.24, 2.45) is 17.8 Å².